The first kappa shape index (κ1) is 28.7. The van der Waals surface area contributed by atoms with Crippen molar-refractivity contribution in [3.63, 3.8) is 0 Å². The van der Waals surface area contributed by atoms with Gasteiger partial charge in [0.05, 0.1) is 33.7 Å². The first-order valence-corrected chi connectivity index (χ1v) is 18.2. The maximum Gasteiger partial charge on any atom is 0.231 e. The molecule has 9 aromatic rings. The van der Waals surface area contributed by atoms with Crippen LogP contribution in [0.2, 0.25) is 0 Å². The third-order valence-corrected chi connectivity index (χ3v) is 11.3. The van der Waals surface area contributed by atoms with Gasteiger partial charge in [0.2, 0.25) is 5.95 Å². The van der Waals surface area contributed by atoms with E-state index >= 15 is 0 Å². The van der Waals surface area contributed by atoms with Crippen LogP contribution in [-0.2, 0) is 0 Å². The normalized spacial score (nSPS) is 16.8. The highest BCUT2D eigenvalue weighted by molar-refractivity contribution is 6.14. The van der Waals surface area contributed by atoms with Crippen LogP contribution in [0.25, 0.3) is 66.0 Å². The monoisotopic (exact) mass is 678 g/mol. The largest absolute Gasteiger partial charge is 0.456 e. The molecule has 1 aliphatic carbocycles. The fourth-order valence-corrected chi connectivity index (χ4v) is 8.91. The van der Waals surface area contributed by atoms with Crippen molar-refractivity contribution in [2.45, 2.75) is 12.0 Å². The van der Waals surface area contributed by atoms with Crippen LogP contribution in [0.15, 0.2) is 170 Å². The number of aromatic nitrogens is 3. The van der Waals surface area contributed by atoms with Crippen LogP contribution in [0.5, 0.6) is 11.5 Å². The first-order chi connectivity index (χ1) is 26.3. The van der Waals surface area contributed by atoms with Crippen LogP contribution in [0.4, 0.5) is 11.6 Å². The number of benzene rings is 7. The Bertz CT molecular complexity index is 3070. The van der Waals surface area contributed by atoms with E-state index in [0.29, 0.717) is 5.95 Å². The zero-order valence-electron chi connectivity index (χ0n) is 28.5. The third kappa shape index (κ3) is 4.13. The molecule has 53 heavy (non-hydrogen) atoms. The number of nitrogens with zero attached hydrogens (tertiary/aromatic N) is 4. The topological polar surface area (TPSA) is 43.2 Å². The lowest BCUT2D eigenvalue weighted by Crippen LogP contribution is -2.30. The molecule has 12 rings (SSSR count). The molecule has 0 amide bonds. The molecular formula is C48H30N4O. The molecule has 248 valence electrons. The number of hydrogen-bond acceptors (Lipinski definition) is 4. The van der Waals surface area contributed by atoms with Crippen LogP contribution in [0.1, 0.15) is 17.0 Å². The van der Waals surface area contributed by atoms with E-state index in [0.717, 1.165) is 45.0 Å². The Morgan fingerprint density at radius 2 is 1.38 bits per heavy atom. The Balaban J connectivity index is 1.00. The maximum atomic E-state index is 6.29. The molecule has 0 N–H and O–H groups in total. The average molecular weight is 679 g/mol. The summed E-state index contributed by atoms with van der Waals surface area (Å²) >= 11 is 0. The first-order valence-electron chi connectivity index (χ1n) is 18.2. The second-order valence-electron chi connectivity index (χ2n) is 14.2. The summed E-state index contributed by atoms with van der Waals surface area (Å²) in [5, 5.41) is 5.95. The molecule has 0 fully saturated rings. The van der Waals surface area contributed by atoms with Crippen LogP contribution in [-0.4, -0.2) is 20.6 Å². The van der Waals surface area contributed by atoms with Gasteiger partial charge < -0.3 is 14.2 Å². The van der Waals surface area contributed by atoms with Crippen LogP contribution >= 0.6 is 0 Å². The molecule has 2 aliphatic heterocycles. The van der Waals surface area contributed by atoms with Crippen molar-refractivity contribution in [2.75, 3.05) is 4.90 Å². The number of hydrogen-bond donors (Lipinski definition) is 0. The number of allylic oxidation sites excluding steroid dienone is 2. The Labute approximate surface area is 305 Å². The van der Waals surface area contributed by atoms with Crippen molar-refractivity contribution in [2.24, 2.45) is 0 Å². The molecule has 2 aromatic heterocycles. The van der Waals surface area contributed by atoms with Gasteiger partial charge in [0.15, 0.2) is 0 Å². The zero-order valence-corrected chi connectivity index (χ0v) is 28.5. The van der Waals surface area contributed by atoms with E-state index in [1.807, 2.05) is 30.3 Å². The summed E-state index contributed by atoms with van der Waals surface area (Å²) < 4.78 is 8.69. The standard InChI is InChI=1S/C48H30N4O/c1-2-13-33(14-3-1)51-41-23-21-32(27-37(41)38-25-29-11-4-5-12-30(29)28-43(38)51)31-22-24-42-36(26-31)34-15-6-8-18-40(34)52(42)48-49-39-17-10-20-45-46(39)47(50-48)35-16-7-9-19-44(35)53-45/h1-28,36,42H. The molecule has 2 unspecified atom stereocenters. The Kier molecular flexibility index (Phi) is 5.83. The molecular weight excluding hydrogens is 649 g/mol. The molecule has 3 aliphatic rings. The van der Waals surface area contributed by atoms with E-state index in [1.54, 1.807) is 0 Å². The van der Waals surface area contributed by atoms with Crippen LogP contribution in [0, 0.1) is 0 Å². The number of fused-ring (bicyclic) bond motifs is 9. The predicted molar refractivity (Wildman–Crippen MR) is 216 cm³/mol. The van der Waals surface area contributed by atoms with E-state index in [4.69, 9.17) is 14.7 Å². The summed E-state index contributed by atoms with van der Waals surface area (Å²) in [5.74, 6) is 2.45. The van der Waals surface area contributed by atoms with Gasteiger partial charge >= 0.3 is 0 Å². The van der Waals surface area contributed by atoms with E-state index in [9.17, 15) is 0 Å². The summed E-state index contributed by atoms with van der Waals surface area (Å²) in [6.45, 7) is 0. The van der Waals surface area contributed by atoms with Crippen molar-refractivity contribution in [1.29, 1.82) is 0 Å². The number of rotatable bonds is 3. The van der Waals surface area contributed by atoms with Crippen molar-refractivity contribution in [1.82, 2.24) is 14.5 Å². The minimum absolute atomic E-state index is 0.0363. The molecule has 0 saturated heterocycles. The molecule has 0 bridgehead atoms. The Hall–Kier alpha value is -6.98. The van der Waals surface area contributed by atoms with E-state index < -0.39 is 0 Å². The van der Waals surface area contributed by atoms with Gasteiger partial charge in [-0.1, -0.05) is 103 Å². The highest BCUT2D eigenvalue weighted by atomic mass is 16.5. The molecule has 2 atom stereocenters. The van der Waals surface area contributed by atoms with Gasteiger partial charge in [-0.05, 0) is 94.2 Å². The summed E-state index contributed by atoms with van der Waals surface area (Å²) in [4.78, 5) is 12.8. The Morgan fingerprint density at radius 1 is 0.604 bits per heavy atom. The van der Waals surface area contributed by atoms with Crippen molar-refractivity contribution in [3.8, 4) is 28.4 Å². The van der Waals surface area contributed by atoms with E-state index in [1.165, 1.54) is 49.3 Å². The average Bonchev–Trinajstić information content (AvgIpc) is 3.72. The molecule has 4 heterocycles. The highest BCUT2D eigenvalue weighted by Gasteiger charge is 2.40. The van der Waals surface area contributed by atoms with E-state index in [-0.39, 0.29) is 12.0 Å². The molecule has 5 nitrogen and oxygen atoms in total. The van der Waals surface area contributed by atoms with Crippen LogP contribution < -0.4 is 9.64 Å². The minimum atomic E-state index is 0.0363. The van der Waals surface area contributed by atoms with Crippen molar-refractivity contribution in [3.05, 3.63) is 181 Å². The number of anilines is 2. The quantitative estimate of drug-likeness (QED) is 0.187. The maximum absolute atomic E-state index is 6.29. The Morgan fingerprint density at radius 3 is 2.30 bits per heavy atom. The van der Waals surface area contributed by atoms with Gasteiger partial charge in [-0.3, -0.25) is 0 Å². The van der Waals surface area contributed by atoms with Gasteiger partial charge in [0.25, 0.3) is 0 Å². The van der Waals surface area contributed by atoms with Gasteiger partial charge in [0, 0.05) is 33.6 Å². The van der Waals surface area contributed by atoms with E-state index in [2.05, 4.69) is 149 Å². The predicted octanol–water partition coefficient (Wildman–Crippen LogP) is 11.9. The van der Waals surface area contributed by atoms with Crippen molar-refractivity contribution < 1.29 is 4.74 Å². The lowest BCUT2D eigenvalue weighted by atomic mass is 9.86. The van der Waals surface area contributed by atoms with Crippen LogP contribution in [0.3, 0.4) is 0 Å². The summed E-state index contributed by atoms with van der Waals surface area (Å²) in [6.07, 6.45) is 7.08. The third-order valence-electron chi connectivity index (χ3n) is 11.3. The SMILES string of the molecule is C1=CC2C(C=C1c1ccc3c(c1)c1cc4ccccc4cc1n3-c1ccccc1)c1ccccc1N2c1nc2c3c(cccc3n1)Oc1ccccc1-2. The molecule has 0 radical (unpaired) electrons. The number of para-hydroxylation sites is 3. The lowest BCUT2D eigenvalue weighted by Gasteiger charge is -2.29. The van der Waals surface area contributed by atoms with Gasteiger partial charge in [-0.2, -0.15) is 0 Å². The second-order valence-corrected chi connectivity index (χ2v) is 14.2. The zero-order chi connectivity index (χ0) is 34.6. The highest BCUT2D eigenvalue weighted by Crippen LogP contribution is 2.51. The van der Waals surface area contributed by atoms with Gasteiger partial charge in [0.1, 0.15) is 11.5 Å². The summed E-state index contributed by atoms with van der Waals surface area (Å²) in [6, 6.07) is 54.0. The lowest BCUT2D eigenvalue weighted by molar-refractivity contribution is 0.486. The minimum Gasteiger partial charge on any atom is -0.456 e. The fourth-order valence-electron chi connectivity index (χ4n) is 8.91. The molecule has 5 heteroatoms. The summed E-state index contributed by atoms with van der Waals surface area (Å²) in [7, 11) is 0. The molecule has 7 aromatic carbocycles. The molecule has 0 saturated carbocycles. The van der Waals surface area contributed by atoms with Gasteiger partial charge in [-0.25, -0.2) is 9.97 Å². The smallest absolute Gasteiger partial charge is 0.231 e. The molecule has 0 spiro atoms. The van der Waals surface area contributed by atoms with Gasteiger partial charge in [-0.15, -0.1) is 0 Å². The fraction of sp³-hybridized carbons (Fsp3) is 0.0417. The number of ether oxygens (including phenoxy) is 1. The van der Waals surface area contributed by atoms with Crippen molar-refractivity contribution >= 4 is 60.7 Å². The summed E-state index contributed by atoms with van der Waals surface area (Å²) in [5.41, 5.74) is 11.2. The second kappa shape index (κ2) is 10.8.